The van der Waals surface area contributed by atoms with Crippen molar-refractivity contribution in [2.75, 3.05) is 7.05 Å². The minimum atomic E-state index is 0.293. The molecule has 2 aromatic rings. The van der Waals surface area contributed by atoms with Crippen LogP contribution < -0.4 is 5.32 Å². The standard InChI is InChI=1S/C20H25N/c1-14-8-6-13-17(15(14)2)20(21-3)19-12-5-4-11-18(19)16-9-7-10-16/h4-6,8,11-13,16,20-21H,7,9-10H2,1-3H3. The molecule has 0 heterocycles. The van der Waals surface area contributed by atoms with Crippen molar-refractivity contribution < 1.29 is 0 Å². The van der Waals surface area contributed by atoms with Gasteiger partial charge in [0.1, 0.15) is 0 Å². The van der Waals surface area contributed by atoms with Gasteiger partial charge in [0.25, 0.3) is 0 Å². The maximum Gasteiger partial charge on any atom is 0.0579 e. The molecule has 0 aliphatic heterocycles. The van der Waals surface area contributed by atoms with Gasteiger partial charge >= 0.3 is 0 Å². The summed E-state index contributed by atoms with van der Waals surface area (Å²) in [5.74, 6) is 0.766. The Hall–Kier alpha value is -1.60. The van der Waals surface area contributed by atoms with Crippen LogP contribution in [-0.2, 0) is 0 Å². The average Bonchev–Trinajstić information content (AvgIpc) is 2.44. The molecule has 0 spiro atoms. The van der Waals surface area contributed by atoms with E-state index in [4.69, 9.17) is 0 Å². The predicted octanol–water partition coefficient (Wildman–Crippen LogP) is 4.88. The van der Waals surface area contributed by atoms with Crippen LogP contribution in [-0.4, -0.2) is 7.05 Å². The lowest BCUT2D eigenvalue weighted by Crippen LogP contribution is -2.22. The van der Waals surface area contributed by atoms with Crippen LogP contribution in [0.5, 0.6) is 0 Å². The summed E-state index contributed by atoms with van der Waals surface area (Å²) in [4.78, 5) is 0. The highest BCUT2D eigenvalue weighted by Crippen LogP contribution is 2.40. The normalized spacial score (nSPS) is 16.5. The second-order valence-corrected chi connectivity index (χ2v) is 6.27. The average molecular weight is 279 g/mol. The van der Waals surface area contributed by atoms with Crippen LogP contribution in [0, 0.1) is 13.8 Å². The molecule has 1 unspecified atom stereocenters. The summed E-state index contributed by atoms with van der Waals surface area (Å²) < 4.78 is 0. The van der Waals surface area contributed by atoms with Crippen LogP contribution >= 0.6 is 0 Å². The first kappa shape index (κ1) is 14.3. The van der Waals surface area contributed by atoms with E-state index in [2.05, 4.69) is 68.7 Å². The van der Waals surface area contributed by atoms with Gasteiger partial charge in [-0.3, -0.25) is 0 Å². The number of aryl methyl sites for hydroxylation is 1. The lowest BCUT2D eigenvalue weighted by molar-refractivity contribution is 0.415. The first-order valence-electron chi connectivity index (χ1n) is 8.04. The molecular formula is C20H25N. The molecular weight excluding hydrogens is 254 g/mol. The largest absolute Gasteiger partial charge is 0.309 e. The number of hydrogen-bond acceptors (Lipinski definition) is 1. The third-order valence-corrected chi connectivity index (χ3v) is 5.10. The number of rotatable bonds is 4. The number of hydrogen-bond donors (Lipinski definition) is 1. The molecule has 1 aliphatic rings. The van der Waals surface area contributed by atoms with Crippen molar-refractivity contribution in [3.05, 3.63) is 70.3 Å². The van der Waals surface area contributed by atoms with E-state index in [1.807, 2.05) is 0 Å². The molecule has 1 nitrogen and oxygen atoms in total. The first-order chi connectivity index (χ1) is 10.2. The van der Waals surface area contributed by atoms with Crippen LogP contribution in [0.4, 0.5) is 0 Å². The van der Waals surface area contributed by atoms with Crippen molar-refractivity contribution in [1.29, 1.82) is 0 Å². The van der Waals surface area contributed by atoms with Gasteiger partial charge in [-0.2, -0.15) is 0 Å². The summed E-state index contributed by atoms with van der Waals surface area (Å²) in [6.07, 6.45) is 4.08. The predicted molar refractivity (Wildman–Crippen MR) is 89.9 cm³/mol. The van der Waals surface area contributed by atoms with Crippen molar-refractivity contribution in [2.24, 2.45) is 0 Å². The van der Waals surface area contributed by atoms with Crippen LogP contribution in [0.2, 0.25) is 0 Å². The molecule has 2 aromatic carbocycles. The maximum absolute atomic E-state index is 3.55. The fourth-order valence-corrected chi connectivity index (χ4v) is 3.43. The molecule has 1 heteroatoms. The Balaban J connectivity index is 2.06. The third kappa shape index (κ3) is 2.63. The Morgan fingerprint density at radius 1 is 0.952 bits per heavy atom. The van der Waals surface area contributed by atoms with Gasteiger partial charge in [-0.1, -0.05) is 48.9 Å². The number of benzene rings is 2. The summed E-state index contributed by atoms with van der Waals surface area (Å²) in [7, 11) is 2.07. The smallest absolute Gasteiger partial charge is 0.0579 e. The van der Waals surface area contributed by atoms with Gasteiger partial charge in [-0.25, -0.2) is 0 Å². The van der Waals surface area contributed by atoms with Gasteiger partial charge in [-0.15, -0.1) is 0 Å². The zero-order chi connectivity index (χ0) is 14.8. The van der Waals surface area contributed by atoms with Crippen molar-refractivity contribution in [1.82, 2.24) is 5.32 Å². The SMILES string of the molecule is CNC(c1ccccc1C1CCC1)c1cccc(C)c1C. The highest BCUT2D eigenvalue weighted by Gasteiger charge is 2.25. The van der Waals surface area contributed by atoms with Gasteiger partial charge in [0.2, 0.25) is 0 Å². The van der Waals surface area contributed by atoms with Crippen LogP contribution in [0.15, 0.2) is 42.5 Å². The fraction of sp³-hybridized carbons (Fsp3) is 0.400. The molecule has 1 fully saturated rings. The summed E-state index contributed by atoms with van der Waals surface area (Å²) in [5.41, 5.74) is 7.18. The Morgan fingerprint density at radius 3 is 2.33 bits per heavy atom. The minimum Gasteiger partial charge on any atom is -0.309 e. The fourth-order valence-electron chi connectivity index (χ4n) is 3.43. The Bertz CT molecular complexity index is 625. The van der Waals surface area contributed by atoms with Crippen LogP contribution in [0.3, 0.4) is 0 Å². The van der Waals surface area contributed by atoms with E-state index in [1.54, 1.807) is 5.56 Å². The summed E-state index contributed by atoms with van der Waals surface area (Å²) in [6, 6.07) is 15.9. The summed E-state index contributed by atoms with van der Waals surface area (Å²) in [6.45, 7) is 4.43. The van der Waals surface area contributed by atoms with Gasteiger partial charge in [0, 0.05) is 0 Å². The van der Waals surface area contributed by atoms with Crippen LogP contribution in [0.25, 0.3) is 0 Å². The molecule has 0 aromatic heterocycles. The highest BCUT2D eigenvalue weighted by atomic mass is 14.9. The topological polar surface area (TPSA) is 12.0 Å². The van der Waals surface area contributed by atoms with E-state index in [9.17, 15) is 0 Å². The quantitative estimate of drug-likeness (QED) is 0.841. The van der Waals surface area contributed by atoms with Gasteiger partial charge in [0.05, 0.1) is 6.04 Å². The van der Waals surface area contributed by atoms with Gasteiger partial charge < -0.3 is 5.32 Å². The third-order valence-electron chi connectivity index (χ3n) is 5.10. The van der Waals surface area contributed by atoms with Crippen molar-refractivity contribution in [2.45, 2.75) is 45.1 Å². The molecule has 0 saturated heterocycles. The lowest BCUT2D eigenvalue weighted by Gasteiger charge is -2.31. The summed E-state index contributed by atoms with van der Waals surface area (Å²) >= 11 is 0. The molecule has 21 heavy (non-hydrogen) atoms. The monoisotopic (exact) mass is 279 g/mol. The first-order valence-corrected chi connectivity index (χ1v) is 8.04. The van der Waals surface area contributed by atoms with E-state index >= 15 is 0 Å². The van der Waals surface area contributed by atoms with Crippen molar-refractivity contribution in [3.63, 3.8) is 0 Å². The van der Waals surface area contributed by atoms with Crippen LogP contribution in [0.1, 0.15) is 59.0 Å². The van der Waals surface area contributed by atoms with Gasteiger partial charge in [0.15, 0.2) is 0 Å². The van der Waals surface area contributed by atoms with Crippen molar-refractivity contribution in [3.8, 4) is 0 Å². The molecule has 1 saturated carbocycles. The molecule has 0 bridgehead atoms. The Morgan fingerprint density at radius 2 is 1.67 bits per heavy atom. The van der Waals surface area contributed by atoms with E-state index in [0.29, 0.717) is 6.04 Å². The molecule has 1 aliphatic carbocycles. The Kier molecular flexibility index (Phi) is 4.12. The molecule has 1 N–H and O–H groups in total. The molecule has 0 radical (unpaired) electrons. The molecule has 0 amide bonds. The summed E-state index contributed by atoms with van der Waals surface area (Å²) in [5, 5.41) is 3.55. The molecule has 1 atom stereocenters. The lowest BCUT2D eigenvalue weighted by atomic mass is 9.76. The van der Waals surface area contributed by atoms with E-state index in [1.165, 1.54) is 41.5 Å². The zero-order valence-electron chi connectivity index (χ0n) is 13.3. The second-order valence-electron chi connectivity index (χ2n) is 6.27. The van der Waals surface area contributed by atoms with E-state index < -0.39 is 0 Å². The second kappa shape index (κ2) is 6.03. The Labute approximate surface area is 128 Å². The maximum atomic E-state index is 3.55. The molecule has 3 rings (SSSR count). The van der Waals surface area contributed by atoms with Crippen molar-refractivity contribution >= 4 is 0 Å². The number of nitrogens with one attached hydrogen (secondary N) is 1. The zero-order valence-corrected chi connectivity index (χ0v) is 13.3. The molecule has 110 valence electrons. The van der Waals surface area contributed by atoms with E-state index in [0.717, 1.165) is 5.92 Å². The van der Waals surface area contributed by atoms with E-state index in [-0.39, 0.29) is 0 Å². The minimum absolute atomic E-state index is 0.293. The van der Waals surface area contributed by atoms with Gasteiger partial charge in [-0.05, 0) is 67.5 Å². The highest BCUT2D eigenvalue weighted by molar-refractivity contribution is 5.44.